The summed E-state index contributed by atoms with van der Waals surface area (Å²) in [7, 11) is 1.82. The number of phenolic OH excluding ortho intramolecular Hbond substituents is 1. The number of phenols is 1. The van der Waals surface area contributed by atoms with Crippen LogP contribution in [0.1, 0.15) is 68.1 Å². The zero-order chi connectivity index (χ0) is 31.9. The van der Waals surface area contributed by atoms with Crippen LogP contribution in [0.25, 0.3) is 0 Å². The van der Waals surface area contributed by atoms with E-state index in [1.165, 1.54) is 24.0 Å². The number of carbonyl (C=O) groups is 2. The van der Waals surface area contributed by atoms with Crippen LogP contribution in [-0.4, -0.2) is 93.7 Å². The molecule has 10 nitrogen and oxygen atoms in total. The summed E-state index contributed by atoms with van der Waals surface area (Å²) in [5, 5.41) is 19.7. The van der Waals surface area contributed by atoms with Gasteiger partial charge >= 0.3 is 0 Å². The highest BCUT2D eigenvalue weighted by atomic mass is 16.5. The Morgan fingerprint density at radius 1 is 1.16 bits per heavy atom. The molecule has 0 aromatic heterocycles. The normalized spacial score (nSPS) is 15.6. The predicted octanol–water partition coefficient (Wildman–Crippen LogP) is 4.06. The first-order valence-electron chi connectivity index (χ1n) is 16.6. The average molecular weight is 622 g/mol. The lowest BCUT2D eigenvalue weighted by Crippen LogP contribution is -2.43. The van der Waals surface area contributed by atoms with Crippen molar-refractivity contribution < 1.29 is 24.2 Å². The largest absolute Gasteiger partial charge is 0.506 e. The molecule has 2 aliphatic rings. The molecule has 0 bridgehead atoms. The van der Waals surface area contributed by atoms with Crippen LogP contribution in [0.5, 0.6) is 11.5 Å². The van der Waals surface area contributed by atoms with Crippen LogP contribution in [0.2, 0.25) is 0 Å². The second-order valence-corrected chi connectivity index (χ2v) is 11.9. The highest BCUT2D eigenvalue weighted by Crippen LogP contribution is 2.39. The highest BCUT2D eigenvalue weighted by Gasteiger charge is 2.26. The molecule has 2 aromatic rings. The number of benzene rings is 2. The van der Waals surface area contributed by atoms with Gasteiger partial charge in [0, 0.05) is 44.9 Å². The number of anilines is 1. The highest BCUT2D eigenvalue weighted by molar-refractivity contribution is 5.97. The number of nitrogens with one attached hydrogen (secondary N) is 3. The Labute approximate surface area is 268 Å². The number of ether oxygens (including phenoxy) is 2. The summed E-state index contributed by atoms with van der Waals surface area (Å²) in [6, 6.07) is 12.3. The Kier molecular flexibility index (Phi) is 14.1. The van der Waals surface area contributed by atoms with Gasteiger partial charge in [-0.3, -0.25) is 9.59 Å². The second-order valence-electron chi connectivity index (χ2n) is 11.9. The molecular weight excluding hydrogens is 570 g/mol. The van der Waals surface area contributed by atoms with E-state index in [1.54, 1.807) is 6.07 Å². The summed E-state index contributed by atoms with van der Waals surface area (Å²) in [5.74, 6) is 0.654. The molecule has 10 heteroatoms. The third-order valence-electron chi connectivity index (χ3n) is 8.51. The smallest absolute Gasteiger partial charge is 0.262 e. The van der Waals surface area contributed by atoms with E-state index in [0.29, 0.717) is 63.2 Å². The summed E-state index contributed by atoms with van der Waals surface area (Å²) in [6.45, 7) is 7.02. The van der Waals surface area contributed by atoms with Crippen molar-refractivity contribution in [1.29, 1.82) is 0 Å². The zero-order valence-electron chi connectivity index (χ0n) is 27.0. The van der Waals surface area contributed by atoms with Crippen LogP contribution in [0.15, 0.2) is 41.4 Å². The van der Waals surface area contributed by atoms with Gasteiger partial charge < -0.3 is 40.4 Å². The minimum atomic E-state index is -0.275. The van der Waals surface area contributed by atoms with Crippen molar-refractivity contribution in [3.63, 3.8) is 0 Å². The molecule has 2 amide bonds. The van der Waals surface area contributed by atoms with Crippen molar-refractivity contribution in [1.82, 2.24) is 15.5 Å². The summed E-state index contributed by atoms with van der Waals surface area (Å²) in [4.78, 5) is 31.3. The molecule has 4 rings (SSSR count). The third kappa shape index (κ3) is 10.5. The van der Waals surface area contributed by atoms with Crippen LogP contribution in [0, 0.1) is 0 Å². The molecule has 246 valence electrons. The van der Waals surface area contributed by atoms with Crippen molar-refractivity contribution in [3.05, 3.63) is 53.1 Å². The Morgan fingerprint density at radius 3 is 2.80 bits per heavy atom. The Morgan fingerprint density at radius 2 is 2.00 bits per heavy atom. The molecule has 1 fully saturated rings. The summed E-state index contributed by atoms with van der Waals surface area (Å²) < 4.78 is 11.5. The van der Waals surface area contributed by atoms with Gasteiger partial charge in [-0.25, -0.2) is 0 Å². The summed E-state index contributed by atoms with van der Waals surface area (Å²) >= 11 is 0. The van der Waals surface area contributed by atoms with Gasteiger partial charge in [0.1, 0.15) is 11.4 Å². The number of aliphatic imine (C=N–C) groups is 1. The number of fused-ring (bicyclic) bond motifs is 1. The van der Waals surface area contributed by atoms with E-state index in [-0.39, 0.29) is 30.1 Å². The van der Waals surface area contributed by atoms with E-state index in [4.69, 9.17) is 9.47 Å². The summed E-state index contributed by atoms with van der Waals surface area (Å²) in [5.41, 5.74) is 3.73. The fourth-order valence-electron chi connectivity index (χ4n) is 6.13. The molecule has 0 spiro atoms. The first-order valence-corrected chi connectivity index (χ1v) is 16.6. The van der Waals surface area contributed by atoms with Crippen molar-refractivity contribution in [3.8, 4) is 11.5 Å². The molecule has 0 saturated heterocycles. The molecule has 1 heterocycles. The Hall–Kier alpha value is -3.47. The lowest BCUT2D eigenvalue weighted by molar-refractivity contribution is -0.134. The van der Waals surface area contributed by atoms with Gasteiger partial charge in [-0.15, -0.1) is 0 Å². The van der Waals surface area contributed by atoms with E-state index in [0.717, 1.165) is 44.3 Å². The van der Waals surface area contributed by atoms with Crippen LogP contribution in [0.4, 0.5) is 5.69 Å². The number of hydrogen-bond acceptors (Lipinski definition) is 8. The van der Waals surface area contributed by atoms with Gasteiger partial charge in [0.25, 0.3) is 5.91 Å². The number of amides is 2. The van der Waals surface area contributed by atoms with Crippen LogP contribution >= 0.6 is 0 Å². The second kappa shape index (κ2) is 18.5. The molecule has 1 aliphatic heterocycles. The molecular formula is C35H51N5O5. The van der Waals surface area contributed by atoms with Crippen molar-refractivity contribution >= 4 is 23.7 Å². The van der Waals surface area contributed by atoms with Gasteiger partial charge in [-0.05, 0) is 68.0 Å². The van der Waals surface area contributed by atoms with Gasteiger partial charge in [0.2, 0.25) is 5.91 Å². The van der Waals surface area contributed by atoms with Crippen LogP contribution < -0.4 is 20.7 Å². The van der Waals surface area contributed by atoms with Crippen LogP contribution in [0.3, 0.4) is 0 Å². The number of aromatic hydroxyl groups is 1. The first-order chi connectivity index (χ1) is 22.0. The SMILES string of the molecule is CCCNCC(/C=N\C)c1cccc(CCOCCC(=O)N(CCNCCc2ccc(O)c3c2OCC(=O)N3)C2CCCC2)c1. The Balaban J connectivity index is 1.19. The maximum absolute atomic E-state index is 13.3. The topological polar surface area (TPSA) is 125 Å². The number of rotatable bonds is 19. The van der Waals surface area contributed by atoms with Gasteiger partial charge in [-0.2, -0.15) is 0 Å². The van der Waals surface area contributed by atoms with E-state index in [2.05, 4.69) is 57.0 Å². The molecule has 45 heavy (non-hydrogen) atoms. The Bertz CT molecular complexity index is 1260. The lowest BCUT2D eigenvalue weighted by atomic mass is 9.97. The van der Waals surface area contributed by atoms with Gasteiger partial charge in [0.05, 0.1) is 19.6 Å². The monoisotopic (exact) mass is 621 g/mol. The van der Waals surface area contributed by atoms with Crippen molar-refractivity contribution in [2.45, 2.75) is 70.3 Å². The molecule has 4 N–H and O–H groups in total. The van der Waals surface area contributed by atoms with Crippen molar-refractivity contribution in [2.24, 2.45) is 4.99 Å². The molecule has 2 aromatic carbocycles. The zero-order valence-corrected chi connectivity index (χ0v) is 27.0. The maximum Gasteiger partial charge on any atom is 0.262 e. The van der Waals surface area contributed by atoms with Gasteiger partial charge in [0.15, 0.2) is 12.4 Å². The quantitative estimate of drug-likeness (QED) is 0.106. The van der Waals surface area contributed by atoms with Gasteiger partial charge in [-0.1, -0.05) is 50.1 Å². The lowest BCUT2D eigenvalue weighted by Gasteiger charge is -2.29. The standard InChI is InChI=1S/C35H51N5O5/c1-3-16-38-24-29(23-36-2)28-8-6-7-26(22-28)14-20-44-21-15-33(43)40(30-9-4-5-10-30)19-18-37-17-13-27-11-12-31(41)34-35(27)45-25-32(42)39-34/h6-8,11-12,22-23,29-30,37-38,41H,3-5,9-10,13-21,24-25H2,1-2H3,(H,39,42)/b36-23-. The minimum Gasteiger partial charge on any atom is -0.506 e. The minimum absolute atomic E-state index is 0.000530. The van der Waals surface area contributed by atoms with E-state index in [1.807, 2.05) is 19.3 Å². The molecule has 1 unspecified atom stereocenters. The number of carbonyl (C=O) groups excluding carboxylic acids is 2. The van der Waals surface area contributed by atoms with E-state index < -0.39 is 0 Å². The van der Waals surface area contributed by atoms with E-state index >= 15 is 0 Å². The molecule has 1 saturated carbocycles. The van der Waals surface area contributed by atoms with Crippen LogP contribution in [-0.2, 0) is 27.2 Å². The van der Waals surface area contributed by atoms with E-state index in [9.17, 15) is 14.7 Å². The predicted molar refractivity (Wildman–Crippen MR) is 179 cm³/mol. The average Bonchev–Trinajstić information content (AvgIpc) is 3.58. The maximum atomic E-state index is 13.3. The summed E-state index contributed by atoms with van der Waals surface area (Å²) in [6.07, 6.45) is 9.43. The third-order valence-corrected chi connectivity index (χ3v) is 8.51. The molecule has 0 radical (unpaired) electrons. The fraction of sp³-hybridized carbons (Fsp3) is 0.571. The number of hydrogen-bond donors (Lipinski definition) is 4. The van der Waals surface area contributed by atoms with Crippen molar-refractivity contribution in [2.75, 3.05) is 64.9 Å². The first kappa shape index (κ1) is 34.4. The number of nitrogens with zero attached hydrogens (tertiary/aromatic N) is 2. The molecule has 1 aliphatic carbocycles. The molecule has 1 atom stereocenters. The fourth-order valence-corrected chi connectivity index (χ4v) is 6.13.